The number of rotatable bonds is 7. The number of hydrogen-bond acceptors (Lipinski definition) is 3. The number of methoxy groups -OCH3 is 1. The van der Waals surface area contributed by atoms with E-state index < -0.39 is 0 Å². The summed E-state index contributed by atoms with van der Waals surface area (Å²) in [6.07, 6.45) is 2.45. The average molecular weight is 344 g/mol. The highest BCUT2D eigenvalue weighted by Gasteiger charge is 2.41. The fourth-order valence-electron chi connectivity index (χ4n) is 3.58. The first-order valence-corrected chi connectivity index (χ1v) is 9.19. The van der Waals surface area contributed by atoms with Gasteiger partial charge in [-0.2, -0.15) is 0 Å². The van der Waals surface area contributed by atoms with Crippen molar-refractivity contribution in [3.8, 4) is 5.75 Å². The lowest BCUT2D eigenvalue weighted by Gasteiger charge is -2.26. The van der Waals surface area contributed by atoms with Crippen LogP contribution in [0.1, 0.15) is 38.7 Å². The van der Waals surface area contributed by atoms with Crippen molar-refractivity contribution in [2.24, 2.45) is 11.8 Å². The Kier molecular flexibility index (Phi) is 5.30. The minimum Gasteiger partial charge on any atom is -0.496 e. The maximum absolute atomic E-state index is 13.1. The van der Waals surface area contributed by atoms with E-state index >= 15 is 0 Å². The van der Waals surface area contributed by atoms with Crippen molar-refractivity contribution in [2.45, 2.75) is 45.7 Å². The van der Waals surface area contributed by atoms with Gasteiger partial charge in [-0.05, 0) is 24.8 Å². The van der Waals surface area contributed by atoms with Crippen molar-refractivity contribution in [1.82, 2.24) is 9.80 Å². The molecule has 1 aliphatic heterocycles. The summed E-state index contributed by atoms with van der Waals surface area (Å²) >= 11 is 0. The average Bonchev–Trinajstić information content (AvgIpc) is 3.36. The standard InChI is InChI=1S/C20H28N2O3/c1-14(2)11-21-12-16(10-19(21)23)20(24)22(17-8-9-17)13-15-6-4-5-7-18(15)25-3/h4-7,14,16-17H,8-13H2,1-3H3/t16-/m1/s1. The van der Waals surface area contributed by atoms with Crippen molar-refractivity contribution in [2.75, 3.05) is 20.2 Å². The highest BCUT2D eigenvalue weighted by Crippen LogP contribution is 2.33. The molecule has 2 amide bonds. The summed E-state index contributed by atoms with van der Waals surface area (Å²) in [4.78, 5) is 29.2. The summed E-state index contributed by atoms with van der Waals surface area (Å²) in [7, 11) is 1.65. The van der Waals surface area contributed by atoms with E-state index in [1.807, 2.05) is 34.1 Å². The molecule has 0 spiro atoms. The lowest BCUT2D eigenvalue weighted by atomic mass is 10.1. The fourth-order valence-corrected chi connectivity index (χ4v) is 3.58. The van der Waals surface area contributed by atoms with Gasteiger partial charge in [0.2, 0.25) is 11.8 Å². The third kappa shape index (κ3) is 4.14. The second-order valence-corrected chi connectivity index (χ2v) is 7.60. The Labute approximate surface area is 149 Å². The van der Waals surface area contributed by atoms with Gasteiger partial charge >= 0.3 is 0 Å². The smallest absolute Gasteiger partial charge is 0.228 e. The van der Waals surface area contributed by atoms with Gasteiger partial charge in [0, 0.05) is 37.7 Å². The minimum atomic E-state index is -0.207. The predicted molar refractivity (Wildman–Crippen MR) is 96.1 cm³/mol. The second kappa shape index (κ2) is 7.46. The first-order chi connectivity index (χ1) is 12.0. The fraction of sp³-hybridized carbons (Fsp3) is 0.600. The molecule has 1 atom stereocenters. The van der Waals surface area contributed by atoms with Gasteiger partial charge in [0.15, 0.2) is 0 Å². The summed E-state index contributed by atoms with van der Waals surface area (Å²) in [5.41, 5.74) is 1.02. The maximum atomic E-state index is 13.1. The van der Waals surface area contributed by atoms with Gasteiger partial charge in [0.05, 0.1) is 13.0 Å². The van der Waals surface area contributed by atoms with Crippen LogP contribution in [0.15, 0.2) is 24.3 Å². The van der Waals surface area contributed by atoms with Crippen LogP contribution in [0, 0.1) is 11.8 Å². The molecule has 136 valence electrons. The number of likely N-dealkylation sites (tertiary alicyclic amines) is 1. The Balaban J connectivity index is 1.71. The number of ether oxygens (including phenoxy) is 1. The van der Waals surface area contributed by atoms with Crippen LogP contribution in [0.2, 0.25) is 0 Å². The molecular weight excluding hydrogens is 316 g/mol. The zero-order valence-corrected chi connectivity index (χ0v) is 15.4. The highest BCUT2D eigenvalue weighted by molar-refractivity contribution is 5.89. The van der Waals surface area contributed by atoms with Crippen molar-refractivity contribution in [3.05, 3.63) is 29.8 Å². The maximum Gasteiger partial charge on any atom is 0.228 e. The van der Waals surface area contributed by atoms with Crippen molar-refractivity contribution < 1.29 is 14.3 Å². The quantitative estimate of drug-likeness (QED) is 0.764. The number of carbonyl (C=O) groups is 2. The van der Waals surface area contributed by atoms with Crippen molar-refractivity contribution in [1.29, 1.82) is 0 Å². The summed E-state index contributed by atoms with van der Waals surface area (Å²) in [6, 6.07) is 8.15. The van der Waals surface area contributed by atoms with E-state index in [0.29, 0.717) is 31.5 Å². The molecule has 2 fully saturated rings. The van der Waals surface area contributed by atoms with Gasteiger partial charge in [-0.3, -0.25) is 9.59 Å². The number of nitrogens with zero attached hydrogens (tertiary/aromatic N) is 2. The number of benzene rings is 1. The van der Waals surface area contributed by atoms with Gasteiger partial charge < -0.3 is 14.5 Å². The summed E-state index contributed by atoms with van der Waals surface area (Å²) in [6.45, 7) is 6.05. The second-order valence-electron chi connectivity index (χ2n) is 7.60. The predicted octanol–water partition coefficient (Wildman–Crippen LogP) is 2.69. The van der Waals surface area contributed by atoms with Crippen LogP contribution in [0.4, 0.5) is 0 Å². The SMILES string of the molecule is COc1ccccc1CN(C(=O)[C@@H]1CC(=O)N(CC(C)C)C1)C1CC1. The number of para-hydroxylation sites is 1. The molecule has 2 aliphatic rings. The molecule has 1 aromatic rings. The van der Waals surface area contributed by atoms with Gasteiger partial charge in [-0.15, -0.1) is 0 Å². The van der Waals surface area contributed by atoms with Crippen LogP contribution in [0.3, 0.4) is 0 Å². The molecule has 0 aromatic heterocycles. The van der Waals surface area contributed by atoms with E-state index in [1.165, 1.54) is 0 Å². The monoisotopic (exact) mass is 344 g/mol. The van der Waals surface area contributed by atoms with Gasteiger partial charge in [-0.25, -0.2) is 0 Å². The van der Waals surface area contributed by atoms with Crippen LogP contribution in [0.5, 0.6) is 5.75 Å². The Hall–Kier alpha value is -2.04. The first-order valence-electron chi connectivity index (χ1n) is 9.19. The van der Waals surface area contributed by atoms with Gasteiger partial charge in [0.1, 0.15) is 5.75 Å². The summed E-state index contributed by atoms with van der Waals surface area (Å²) in [5.74, 6) is 1.26. The molecule has 0 bridgehead atoms. The Morgan fingerprint density at radius 2 is 2.04 bits per heavy atom. The van der Waals surface area contributed by atoms with Crippen LogP contribution in [-0.2, 0) is 16.1 Å². The number of carbonyl (C=O) groups excluding carboxylic acids is 2. The van der Waals surface area contributed by atoms with Crippen molar-refractivity contribution in [3.63, 3.8) is 0 Å². The normalized spacial score (nSPS) is 20.2. The van der Waals surface area contributed by atoms with Crippen LogP contribution < -0.4 is 4.74 Å². The molecule has 3 rings (SSSR count). The zero-order chi connectivity index (χ0) is 18.0. The Bertz CT molecular complexity index is 640. The first kappa shape index (κ1) is 17.8. The molecule has 1 heterocycles. The van der Waals surface area contributed by atoms with Gasteiger partial charge in [-0.1, -0.05) is 32.0 Å². The van der Waals surface area contributed by atoms with E-state index in [9.17, 15) is 9.59 Å². The number of amides is 2. The van der Waals surface area contributed by atoms with Gasteiger partial charge in [0.25, 0.3) is 0 Å². The minimum absolute atomic E-state index is 0.111. The third-order valence-electron chi connectivity index (χ3n) is 4.95. The van der Waals surface area contributed by atoms with E-state index in [4.69, 9.17) is 4.74 Å². The zero-order valence-electron chi connectivity index (χ0n) is 15.4. The van der Waals surface area contributed by atoms with Crippen LogP contribution >= 0.6 is 0 Å². The molecule has 0 radical (unpaired) electrons. The van der Waals surface area contributed by atoms with E-state index in [2.05, 4.69) is 13.8 Å². The molecular formula is C20H28N2O3. The summed E-state index contributed by atoms with van der Waals surface area (Å²) in [5, 5.41) is 0. The van der Waals surface area contributed by atoms with Crippen LogP contribution in [0.25, 0.3) is 0 Å². The topological polar surface area (TPSA) is 49.9 Å². The van der Waals surface area contributed by atoms with Crippen molar-refractivity contribution >= 4 is 11.8 Å². The molecule has 25 heavy (non-hydrogen) atoms. The van der Waals surface area contributed by atoms with Crippen LogP contribution in [-0.4, -0.2) is 47.9 Å². The molecule has 1 aromatic carbocycles. The molecule has 0 unspecified atom stereocenters. The van der Waals surface area contributed by atoms with E-state index in [1.54, 1.807) is 7.11 Å². The highest BCUT2D eigenvalue weighted by atomic mass is 16.5. The number of hydrogen-bond donors (Lipinski definition) is 0. The lowest BCUT2D eigenvalue weighted by molar-refractivity contribution is -0.137. The molecule has 5 heteroatoms. The van der Waals surface area contributed by atoms with E-state index in [-0.39, 0.29) is 17.7 Å². The Morgan fingerprint density at radius 1 is 1.32 bits per heavy atom. The molecule has 1 saturated heterocycles. The molecule has 0 N–H and O–H groups in total. The Morgan fingerprint density at radius 3 is 2.68 bits per heavy atom. The molecule has 1 aliphatic carbocycles. The third-order valence-corrected chi connectivity index (χ3v) is 4.95. The molecule has 5 nitrogen and oxygen atoms in total. The molecule has 1 saturated carbocycles. The van der Waals surface area contributed by atoms with E-state index in [0.717, 1.165) is 30.7 Å². The lowest BCUT2D eigenvalue weighted by Crippen LogP contribution is -2.39. The summed E-state index contributed by atoms with van der Waals surface area (Å²) < 4.78 is 5.43. The largest absolute Gasteiger partial charge is 0.496 e.